The van der Waals surface area contributed by atoms with Crippen molar-refractivity contribution >= 4 is 10.0 Å². The van der Waals surface area contributed by atoms with Gasteiger partial charge in [-0.3, -0.25) is 0 Å². The zero-order chi connectivity index (χ0) is 15.6. The van der Waals surface area contributed by atoms with E-state index in [1.165, 1.54) is 24.6 Å². The smallest absolute Gasteiger partial charge is 0.247 e. The van der Waals surface area contributed by atoms with Crippen molar-refractivity contribution in [2.45, 2.75) is 17.9 Å². The van der Waals surface area contributed by atoms with Crippen LogP contribution in [0.2, 0.25) is 0 Å². The Morgan fingerprint density at radius 2 is 1.90 bits per heavy atom. The summed E-state index contributed by atoms with van der Waals surface area (Å²) >= 11 is 0. The lowest BCUT2D eigenvalue weighted by Gasteiger charge is -2.37. The topological polar surface area (TPSA) is 59.1 Å². The molecule has 1 unspecified atom stereocenters. The summed E-state index contributed by atoms with van der Waals surface area (Å²) in [5.41, 5.74) is 0. The molecule has 1 aliphatic rings. The number of benzene rings is 1. The molecule has 2 rings (SSSR count). The van der Waals surface area contributed by atoms with Crippen LogP contribution in [0.25, 0.3) is 0 Å². The normalized spacial score (nSPS) is 21.2. The Balaban J connectivity index is 2.39. The molecule has 0 bridgehead atoms. The van der Waals surface area contributed by atoms with Crippen LogP contribution in [0, 0.1) is 0 Å². The number of hydrogen-bond acceptors (Lipinski definition) is 5. The molecule has 0 spiro atoms. The zero-order valence-corrected chi connectivity index (χ0v) is 13.7. The zero-order valence-electron chi connectivity index (χ0n) is 12.9. The largest absolute Gasteiger partial charge is 0.497 e. The minimum atomic E-state index is -3.58. The molecule has 1 aromatic carbocycles. The van der Waals surface area contributed by atoms with E-state index in [9.17, 15) is 8.42 Å². The lowest BCUT2D eigenvalue weighted by molar-refractivity contribution is 0.170. The second-order valence-corrected chi connectivity index (χ2v) is 7.10. The van der Waals surface area contributed by atoms with Crippen LogP contribution in [0.3, 0.4) is 0 Å². The first-order valence-corrected chi connectivity index (χ1v) is 8.26. The van der Waals surface area contributed by atoms with E-state index in [0.717, 1.165) is 13.1 Å². The van der Waals surface area contributed by atoms with Gasteiger partial charge in [0.2, 0.25) is 10.0 Å². The summed E-state index contributed by atoms with van der Waals surface area (Å²) < 4.78 is 37.6. The molecule has 1 atom stereocenters. The van der Waals surface area contributed by atoms with Crippen molar-refractivity contribution in [3.63, 3.8) is 0 Å². The molecule has 1 fully saturated rings. The average molecular weight is 314 g/mol. The van der Waals surface area contributed by atoms with Crippen LogP contribution in [0.5, 0.6) is 11.5 Å². The molecule has 118 valence electrons. The van der Waals surface area contributed by atoms with E-state index >= 15 is 0 Å². The maximum atomic E-state index is 12.9. The summed E-state index contributed by atoms with van der Waals surface area (Å²) in [6, 6.07) is 4.70. The summed E-state index contributed by atoms with van der Waals surface area (Å²) in [7, 11) is 1.41. The van der Waals surface area contributed by atoms with Gasteiger partial charge in [-0.25, -0.2) is 8.42 Å². The molecule has 1 aromatic rings. The van der Waals surface area contributed by atoms with E-state index < -0.39 is 10.0 Å². The summed E-state index contributed by atoms with van der Waals surface area (Å²) in [6.45, 7) is 3.85. The highest BCUT2D eigenvalue weighted by atomic mass is 32.2. The van der Waals surface area contributed by atoms with Crippen molar-refractivity contribution in [3.05, 3.63) is 18.2 Å². The van der Waals surface area contributed by atoms with Crippen molar-refractivity contribution in [2.75, 3.05) is 40.9 Å². The summed E-state index contributed by atoms with van der Waals surface area (Å²) in [5, 5.41) is 0. The van der Waals surface area contributed by atoms with Crippen molar-refractivity contribution in [1.29, 1.82) is 0 Å². The molecule has 0 aliphatic carbocycles. The van der Waals surface area contributed by atoms with Crippen LogP contribution in [0.1, 0.15) is 6.92 Å². The summed E-state index contributed by atoms with van der Waals surface area (Å²) in [4.78, 5) is 2.31. The van der Waals surface area contributed by atoms with Gasteiger partial charge in [0.1, 0.15) is 16.4 Å². The first kappa shape index (κ1) is 16.1. The Hall–Kier alpha value is -1.31. The minimum absolute atomic E-state index is 0.0689. The maximum Gasteiger partial charge on any atom is 0.247 e. The SMILES string of the molecule is COc1ccc(S(=O)(=O)N2CCN(C)CC2C)c(OC)c1. The van der Waals surface area contributed by atoms with Crippen LogP contribution in [-0.4, -0.2) is 64.6 Å². The van der Waals surface area contributed by atoms with Gasteiger partial charge in [0, 0.05) is 31.7 Å². The molecule has 0 radical (unpaired) electrons. The number of likely N-dealkylation sites (N-methyl/N-ethyl adjacent to an activating group) is 1. The van der Waals surface area contributed by atoms with E-state index in [1.54, 1.807) is 12.1 Å². The van der Waals surface area contributed by atoms with E-state index in [1.807, 2.05) is 14.0 Å². The maximum absolute atomic E-state index is 12.9. The molecule has 7 heteroatoms. The van der Waals surface area contributed by atoms with Gasteiger partial charge < -0.3 is 14.4 Å². The molecule has 21 heavy (non-hydrogen) atoms. The van der Waals surface area contributed by atoms with Gasteiger partial charge in [-0.15, -0.1) is 0 Å². The number of ether oxygens (including phenoxy) is 2. The standard InChI is InChI=1S/C14H22N2O4S/c1-11-10-15(2)7-8-16(11)21(17,18)14-6-5-12(19-3)9-13(14)20-4/h5-6,9,11H,7-8,10H2,1-4H3. The van der Waals surface area contributed by atoms with Crippen molar-refractivity contribution < 1.29 is 17.9 Å². The number of methoxy groups -OCH3 is 2. The highest BCUT2D eigenvalue weighted by molar-refractivity contribution is 7.89. The quantitative estimate of drug-likeness (QED) is 0.831. The molecule has 0 amide bonds. The summed E-state index contributed by atoms with van der Waals surface area (Å²) in [5.74, 6) is 0.873. The number of nitrogens with zero attached hydrogens (tertiary/aromatic N) is 2. The molecule has 0 aromatic heterocycles. The van der Waals surface area contributed by atoms with Gasteiger partial charge >= 0.3 is 0 Å². The Morgan fingerprint density at radius 1 is 1.19 bits per heavy atom. The van der Waals surface area contributed by atoms with Gasteiger partial charge in [0.25, 0.3) is 0 Å². The fraction of sp³-hybridized carbons (Fsp3) is 0.571. The molecule has 1 heterocycles. The van der Waals surface area contributed by atoms with Crippen LogP contribution < -0.4 is 9.47 Å². The third-order valence-corrected chi connectivity index (χ3v) is 5.78. The predicted octanol–water partition coefficient (Wildman–Crippen LogP) is 1.03. The number of sulfonamides is 1. The van der Waals surface area contributed by atoms with Gasteiger partial charge in [-0.1, -0.05) is 0 Å². The molecule has 6 nitrogen and oxygen atoms in total. The van der Waals surface area contributed by atoms with E-state index in [-0.39, 0.29) is 10.9 Å². The van der Waals surface area contributed by atoms with Crippen molar-refractivity contribution in [3.8, 4) is 11.5 Å². The third-order valence-electron chi connectivity index (χ3n) is 3.73. The monoisotopic (exact) mass is 314 g/mol. The molecule has 1 aliphatic heterocycles. The average Bonchev–Trinajstić information content (AvgIpc) is 2.46. The van der Waals surface area contributed by atoms with Gasteiger partial charge in [-0.05, 0) is 26.1 Å². The Morgan fingerprint density at radius 3 is 2.48 bits per heavy atom. The fourth-order valence-corrected chi connectivity index (χ4v) is 4.35. The molecular weight excluding hydrogens is 292 g/mol. The molecule has 0 N–H and O–H groups in total. The van der Waals surface area contributed by atoms with Crippen molar-refractivity contribution in [1.82, 2.24) is 9.21 Å². The summed E-state index contributed by atoms with van der Waals surface area (Å²) in [6.07, 6.45) is 0. The highest BCUT2D eigenvalue weighted by Gasteiger charge is 2.34. The first-order chi connectivity index (χ1) is 9.90. The van der Waals surface area contributed by atoms with Crippen LogP contribution in [0.15, 0.2) is 23.1 Å². The number of hydrogen-bond donors (Lipinski definition) is 0. The molecule has 1 saturated heterocycles. The van der Waals surface area contributed by atoms with Crippen molar-refractivity contribution in [2.24, 2.45) is 0 Å². The Labute approximate surface area is 126 Å². The third kappa shape index (κ3) is 3.14. The van der Waals surface area contributed by atoms with E-state index in [0.29, 0.717) is 18.0 Å². The Bertz CT molecular complexity index is 603. The van der Waals surface area contributed by atoms with Crippen LogP contribution in [0.4, 0.5) is 0 Å². The second-order valence-electron chi connectivity index (χ2n) is 5.24. The van der Waals surface area contributed by atoms with Gasteiger partial charge in [0.05, 0.1) is 14.2 Å². The first-order valence-electron chi connectivity index (χ1n) is 6.82. The van der Waals surface area contributed by atoms with Gasteiger partial charge in [-0.2, -0.15) is 4.31 Å². The highest BCUT2D eigenvalue weighted by Crippen LogP contribution is 2.31. The van der Waals surface area contributed by atoms with Crippen LogP contribution >= 0.6 is 0 Å². The number of piperazine rings is 1. The van der Waals surface area contributed by atoms with Gasteiger partial charge in [0.15, 0.2) is 0 Å². The second kappa shape index (κ2) is 6.21. The van der Waals surface area contributed by atoms with E-state index in [4.69, 9.17) is 9.47 Å². The lowest BCUT2D eigenvalue weighted by Crippen LogP contribution is -2.52. The fourth-order valence-electron chi connectivity index (χ4n) is 2.59. The number of rotatable bonds is 4. The van der Waals surface area contributed by atoms with E-state index in [2.05, 4.69) is 4.90 Å². The lowest BCUT2D eigenvalue weighted by atomic mass is 10.2. The predicted molar refractivity (Wildman–Crippen MR) is 80.4 cm³/mol. The molecular formula is C14H22N2O4S. The minimum Gasteiger partial charge on any atom is -0.497 e. The van der Waals surface area contributed by atoms with Crippen LogP contribution in [-0.2, 0) is 10.0 Å². The molecule has 0 saturated carbocycles. The Kier molecular flexibility index (Phi) is 4.75.